The van der Waals surface area contributed by atoms with Crippen LogP contribution in [-0.4, -0.2) is 24.7 Å². The van der Waals surface area contributed by atoms with E-state index in [0.29, 0.717) is 29.7 Å². The van der Waals surface area contributed by atoms with E-state index in [1.165, 1.54) is 0 Å². The van der Waals surface area contributed by atoms with Crippen molar-refractivity contribution in [1.29, 1.82) is 0 Å². The van der Waals surface area contributed by atoms with Crippen LogP contribution in [-0.2, 0) is 16.6 Å². The van der Waals surface area contributed by atoms with Crippen LogP contribution in [0, 0.1) is 18.6 Å². The Balaban J connectivity index is 1.94. The highest BCUT2D eigenvalue weighted by Gasteiger charge is 2.19. The lowest BCUT2D eigenvalue weighted by molar-refractivity contribution is 0.535. The Morgan fingerprint density at radius 3 is 2.73 bits per heavy atom. The second-order valence-corrected chi connectivity index (χ2v) is 6.79. The zero-order valence-corrected chi connectivity index (χ0v) is 13.3. The zero-order valence-electron chi connectivity index (χ0n) is 11.7. The van der Waals surface area contributed by atoms with E-state index in [2.05, 4.69) is 9.82 Å². The van der Waals surface area contributed by atoms with E-state index in [1.54, 1.807) is 17.8 Å². The summed E-state index contributed by atoms with van der Waals surface area (Å²) in [5.41, 5.74) is 0.684. The molecule has 0 saturated carbocycles. The molecule has 0 unspecified atom stereocenters. The van der Waals surface area contributed by atoms with Gasteiger partial charge in [-0.1, -0.05) is 11.6 Å². The maximum absolute atomic E-state index is 13.5. The summed E-state index contributed by atoms with van der Waals surface area (Å²) in [7, 11) is -4.09. The molecule has 9 heteroatoms. The third-order valence-corrected chi connectivity index (χ3v) is 4.77. The summed E-state index contributed by atoms with van der Waals surface area (Å²) in [4.78, 5) is -0.703. The smallest absolute Gasteiger partial charge is 0.243 e. The van der Waals surface area contributed by atoms with E-state index < -0.39 is 26.6 Å². The van der Waals surface area contributed by atoms with Gasteiger partial charge in [-0.2, -0.15) is 5.10 Å². The van der Waals surface area contributed by atoms with Crippen LogP contribution in [0.4, 0.5) is 8.78 Å². The molecule has 22 heavy (non-hydrogen) atoms. The summed E-state index contributed by atoms with van der Waals surface area (Å²) in [6, 6.07) is 2.28. The number of nitrogens with zero attached hydrogens (tertiary/aromatic N) is 2. The highest BCUT2D eigenvalue weighted by atomic mass is 35.5. The van der Waals surface area contributed by atoms with Crippen molar-refractivity contribution in [3.63, 3.8) is 0 Å². The standard InChI is InChI=1S/C13H14ClF2N3O2S/c1-9-11(14)8-19(18-9)6-2-5-17-22(20,21)13-7-10(15)3-4-12(13)16/h3-4,7-8,17H,2,5-6H2,1H3. The molecule has 1 heterocycles. The van der Waals surface area contributed by atoms with Crippen molar-refractivity contribution in [2.45, 2.75) is 24.8 Å². The second-order valence-electron chi connectivity index (χ2n) is 4.65. The van der Waals surface area contributed by atoms with Gasteiger partial charge in [0.1, 0.15) is 16.5 Å². The quantitative estimate of drug-likeness (QED) is 0.815. The molecule has 1 N–H and O–H groups in total. The fraction of sp³-hybridized carbons (Fsp3) is 0.308. The van der Waals surface area contributed by atoms with Crippen LogP contribution in [0.2, 0.25) is 5.02 Å². The minimum absolute atomic E-state index is 0.0643. The molecule has 1 aromatic heterocycles. The predicted molar refractivity (Wildman–Crippen MR) is 78.1 cm³/mol. The molecule has 0 fully saturated rings. The molecule has 0 radical (unpaired) electrons. The van der Waals surface area contributed by atoms with Gasteiger partial charge in [0.2, 0.25) is 10.0 Å². The number of halogens is 3. The Morgan fingerprint density at radius 1 is 1.36 bits per heavy atom. The van der Waals surface area contributed by atoms with Crippen LogP contribution in [0.5, 0.6) is 0 Å². The number of nitrogens with one attached hydrogen (secondary N) is 1. The fourth-order valence-corrected chi connectivity index (χ4v) is 3.13. The Hall–Kier alpha value is -1.51. The third-order valence-electron chi connectivity index (χ3n) is 2.93. The molecule has 0 aliphatic rings. The Bertz CT molecular complexity index is 758. The van der Waals surface area contributed by atoms with Crippen molar-refractivity contribution in [1.82, 2.24) is 14.5 Å². The van der Waals surface area contributed by atoms with Crippen molar-refractivity contribution in [3.8, 4) is 0 Å². The molecule has 0 aliphatic carbocycles. The van der Waals surface area contributed by atoms with E-state index in [0.717, 1.165) is 12.1 Å². The lowest BCUT2D eigenvalue weighted by atomic mass is 10.3. The number of benzene rings is 1. The number of aryl methyl sites for hydroxylation is 2. The van der Waals surface area contributed by atoms with Gasteiger partial charge in [-0.3, -0.25) is 4.68 Å². The van der Waals surface area contributed by atoms with Crippen molar-refractivity contribution < 1.29 is 17.2 Å². The molecule has 0 spiro atoms. The monoisotopic (exact) mass is 349 g/mol. The van der Waals surface area contributed by atoms with Gasteiger partial charge in [0.25, 0.3) is 0 Å². The van der Waals surface area contributed by atoms with Crippen molar-refractivity contribution in [2.75, 3.05) is 6.54 Å². The van der Waals surface area contributed by atoms with Crippen LogP contribution in [0.25, 0.3) is 0 Å². The Morgan fingerprint density at radius 2 is 2.09 bits per heavy atom. The highest BCUT2D eigenvalue weighted by Crippen LogP contribution is 2.15. The maximum Gasteiger partial charge on any atom is 0.243 e. The van der Waals surface area contributed by atoms with Crippen LogP contribution in [0.3, 0.4) is 0 Å². The van der Waals surface area contributed by atoms with Crippen LogP contribution >= 0.6 is 11.6 Å². The first-order valence-corrected chi connectivity index (χ1v) is 8.30. The van der Waals surface area contributed by atoms with E-state index in [1.807, 2.05) is 0 Å². The van der Waals surface area contributed by atoms with Crippen molar-refractivity contribution >= 4 is 21.6 Å². The van der Waals surface area contributed by atoms with Crippen molar-refractivity contribution in [2.24, 2.45) is 0 Å². The van der Waals surface area contributed by atoms with Crippen molar-refractivity contribution in [3.05, 3.63) is 46.7 Å². The van der Waals surface area contributed by atoms with Crippen LogP contribution in [0.1, 0.15) is 12.1 Å². The first-order valence-electron chi connectivity index (χ1n) is 6.44. The molecule has 0 saturated heterocycles. The summed E-state index contributed by atoms with van der Waals surface area (Å²) in [6.07, 6.45) is 2.06. The molecule has 5 nitrogen and oxygen atoms in total. The first-order chi connectivity index (χ1) is 10.3. The second kappa shape index (κ2) is 6.72. The molecule has 1 aromatic carbocycles. The lowest BCUT2D eigenvalue weighted by Crippen LogP contribution is -2.26. The molecule has 2 aromatic rings. The maximum atomic E-state index is 13.5. The minimum atomic E-state index is -4.09. The third kappa shape index (κ3) is 4.02. The summed E-state index contributed by atoms with van der Waals surface area (Å²) in [5, 5.41) is 4.66. The summed E-state index contributed by atoms with van der Waals surface area (Å²) >= 11 is 5.86. The first kappa shape index (κ1) is 16.9. The van der Waals surface area contributed by atoms with Gasteiger partial charge in [0.15, 0.2) is 0 Å². The molecule has 0 amide bonds. The van der Waals surface area contributed by atoms with Gasteiger partial charge in [-0.25, -0.2) is 21.9 Å². The number of hydrogen-bond donors (Lipinski definition) is 1. The van der Waals surface area contributed by atoms with Gasteiger partial charge in [0, 0.05) is 19.3 Å². The number of sulfonamides is 1. The SMILES string of the molecule is Cc1nn(CCCNS(=O)(=O)c2cc(F)ccc2F)cc1Cl. The van der Waals surface area contributed by atoms with E-state index >= 15 is 0 Å². The van der Waals surface area contributed by atoms with Crippen LogP contribution < -0.4 is 4.72 Å². The highest BCUT2D eigenvalue weighted by molar-refractivity contribution is 7.89. The molecule has 0 bridgehead atoms. The number of aromatic nitrogens is 2. The molecule has 0 atom stereocenters. The van der Waals surface area contributed by atoms with Gasteiger partial charge in [-0.05, 0) is 31.5 Å². The normalized spacial score (nSPS) is 11.8. The largest absolute Gasteiger partial charge is 0.271 e. The summed E-state index contributed by atoms with van der Waals surface area (Å²) in [6.45, 7) is 2.27. The van der Waals surface area contributed by atoms with Crippen LogP contribution in [0.15, 0.2) is 29.3 Å². The molecule has 2 rings (SSSR count). The average molecular weight is 350 g/mol. The molecular weight excluding hydrogens is 336 g/mol. The molecule has 0 aliphatic heterocycles. The summed E-state index contributed by atoms with van der Waals surface area (Å²) in [5.74, 6) is -1.81. The Kier molecular flexibility index (Phi) is 5.15. The average Bonchev–Trinajstić information content (AvgIpc) is 2.76. The lowest BCUT2D eigenvalue weighted by Gasteiger charge is -2.08. The van der Waals surface area contributed by atoms with E-state index in [-0.39, 0.29) is 6.54 Å². The Labute approximate surface area is 132 Å². The van der Waals surface area contributed by atoms with Gasteiger partial charge in [-0.15, -0.1) is 0 Å². The summed E-state index contributed by atoms with van der Waals surface area (Å²) < 4.78 is 54.2. The number of hydrogen-bond acceptors (Lipinski definition) is 3. The predicted octanol–water partition coefficient (Wildman–Crippen LogP) is 2.49. The van der Waals surface area contributed by atoms with E-state index in [4.69, 9.17) is 11.6 Å². The van der Waals surface area contributed by atoms with Gasteiger partial charge < -0.3 is 0 Å². The minimum Gasteiger partial charge on any atom is -0.271 e. The van der Waals surface area contributed by atoms with E-state index in [9.17, 15) is 17.2 Å². The molecule has 120 valence electrons. The van der Waals surface area contributed by atoms with Gasteiger partial charge >= 0.3 is 0 Å². The number of rotatable bonds is 6. The van der Waals surface area contributed by atoms with Gasteiger partial charge in [0.05, 0.1) is 10.7 Å². The zero-order chi connectivity index (χ0) is 16.3. The molecular formula is C13H14ClF2N3O2S. The topological polar surface area (TPSA) is 64.0 Å². The fourth-order valence-electron chi connectivity index (χ4n) is 1.82.